The van der Waals surface area contributed by atoms with Crippen LogP contribution in [0.15, 0.2) is 48.5 Å². The molecule has 2 aromatic carbocycles. The van der Waals surface area contributed by atoms with E-state index in [2.05, 4.69) is 0 Å². The Kier molecular flexibility index (Phi) is 4.03. The minimum absolute atomic E-state index is 0.0757. The highest BCUT2D eigenvalue weighted by Gasteiger charge is 2.28. The lowest BCUT2D eigenvalue weighted by molar-refractivity contribution is -0.386. The SMILES string of the molecule is O=[C]C(c1ccccc1[N+](=O)[O-])c1ccccc1[N+](=O)[O-]. The Bertz CT molecular complexity index is 657. The van der Waals surface area contributed by atoms with E-state index in [4.69, 9.17) is 0 Å². The van der Waals surface area contributed by atoms with Crippen molar-refractivity contribution >= 4 is 17.7 Å². The van der Waals surface area contributed by atoms with Gasteiger partial charge in [0.1, 0.15) is 0 Å². The van der Waals surface area contributed by atoms with Gasteiger partial charge in [0.15, 0.2) is 0 Å². The number of para-hydroxylation sites is 2. The number of hydrogen-bond donors (Lipinski definition) is 0. The first-order chi connectivity index (χ1) is 10.1. The molecule has 1 radical (unpaired) electrons. The van der Waals surface area contributed by atoms with E-state index in [-0.39, 0.29) is 22.5 Å². The van der Waals surface area contributed by atoms with Crippen LogP contribution < -0.4 is 0 Å². The zero-order chi connectivity index (χ0) is 15.4. The quantitative estimate of drug-likeness (QED) is 0.620. The fourth-order valence-corrected chi connectivity index (χ4v) is 2.09. The van der Waals surface area contributed by atoms with Crippen molar-refractivity contribution in [1.29, 1.82) is 0 Å². The molecule has 0 N–H and O–H groups in total. The minimum atomic E-state index is -1.19. The number of nitro groups is 2. The average Bonchev–Trinajstić information content (AvgIpc) is 2.48. The Labute approximate surface area is 119 Å². The van der Waals surface area contributed by atoms with Crippen LogP contribution in [0.3, 0.4) is 0 Å². The molecule has 7 nitrogen and oxygen atoms in total. The first-order valence-electron chi connectivity index (χ1n) is 5.90. The van der Waals surface area contributed by atoms with Gasteiger partial charge in [-0.1, -0.05) is 36.4 Å². The molecule has 0 aliphatic rings. The van der Waals surface area contributed by atoms with Crippen molar-refractivity contribution in [3.8, 4) is 0 Å². The van der Waals surface area contributed by atoms with Crippen molar-refractivity contribution in [2.24, 2.45) is 0 Å². The summed E-state index contributed by atoms with van der Waals surface area (Å²) in [4.78, 5) is 32.1. The molecule has 21 heavy (non-hydrogen) atoms. The van der Waals surface area contributed by atoms with Crippen LogP contribution in [-0.2, 0) is 4.79 Å². The summed E-state index contributed by atoms with van der Waals surface area (Å²) >= 11 is 0. The number of nitro benzene ring substituents is 2. The second kappa shape index (κ2) is 5.91. The molecule has 0 atom stereocenters. The van der Waals surface area contributed by atoms with E-state index in [1.807, 2.05) is 0 Å². The van der Waals surface area contributed by atoms with Crippen LogP contribution in [0.4, 0.5) is 11.4 Å². The zero-order valence-electron chi connectivity index (χ0n) is 10.6. The van der Waals surface area contributed by atoms with Gasteiger partial charge in [0.2, 0.25) is 6.29 Å². The smallest absolute Gasteiger partial charge is 0.273 e. The molecule has 0 amide bonds. The van der Waals surface area contributed by atoms with E-state index in [0.29, 0.717) is 0 Å². The third-order valence-electron chi connectivity index (χ3n) is 3.01. The van der Waals surface area contributed by atoms with E-state index >= 15 is 0 Å². The summed E-state index contributed by atoms with van der Waals surface area (Å²) in [5, 5.41) is 22.1. The summed E-state index contributed by atoms with van der Waals surface area (Å²) in [5.74, 6) is -1.19. The Hall–Kier alpha value is -3.09. The van der Waals surface area contributed by atoms with Gasteiger partial charge in [-0.3, -0.25) is 25.0 Å². The molecule has 0 fully saturated rings. The van der Waals surface area contributed by atoms with Crippen molar-refractivity contribution in [2.75, 3.05) is 0 Å². The van der Waals surface area contributed by atoms with Crippen molar-refractivity contribution in [3.63, 3.8) is 0 Å². The lowest BCUT2D eigenvalue weighted by Gasteiger charge is -2.11. The van der Waals surface area contributed by atoms with Crippen LogP contribution in [-0.4, -0.2) is 16.1 Å². The summed E-state index contributed by atoms with van der Waals surface area (Å²) in [6.07, 6.45) is 1.67. The maximum atomic E-state index is 11.3. The highest BCUT2D eigenvalue weighted by molar-refractivity contribution is 5.74. The molecule has 0 unspecified atom stereocenters. The molecule has 0 aliphatic heterocycles. The Morgan fingerprint density at radius 1 is 0.810 bits per heavy atom. The number of carbonyl (C=O) groups excluding carboxylic acids is 1. The van der Waals surface area contributed by atoms with Gasteiger partial charge in [-0.05, 0) is 0 Å². The summed E-state index contributed by atoms with van der Waals surface area (Å²) in [6, 6.07) is 11.3. The highest BCUT2D eigenvalue weighted by Crippen LogP contribution is 2.34. The number of hydrogen-bond acceptors (Lipinski definition) is 5. The predicted molar refractivity (Wildman–Crippen MR) is 73.7 cm³/mol. The fraction of sp³-hybridized carbons (Fsp3) is 0.0714. The third kappa shape index (κ3) is 2.76. The van der Waals surface area contributed by atoms with Crippen LogP contribution in [0.2, 0.25) is 0 Å². The molecule has 0 saturated carbocycles. The van der Waals surface area contributed by atoms with E-state index < -0.39 is 15.8 Å². The average molecular weight is 285 g/mol. The summed E-state index contributed by atoms with van der Waals surface area (Å²) in [5.41, 5.74) is -0.397. The third-order valence-corrected chi connectivity index (χ3v) is 3.01. The number of rotatable bonds is 5. The van der Waals surface area contributed by atoms with Crippen LogP contribution in [0.5, 0.6) is 0 Å². The van der Waals surface area contributed by atoms with Crippen molar-refractivity contribution in [2.45, 2.75) is 5.92 Å². The molecule has 105 valence electrons. The Morgan fingerprint density at radius 2 is 1.19 bits per heavy atom. The largest absolute Gasteiger partial charge is 0.290 e. The summed E-state index contributed by atoms with van der Waals surface area (Å²) in [6.45, 7) is 0. The van der Waals surface area contributed by atoms with E-state index in [0.717, 1.165) is 0 Å². The topological polar surface area (TPSA) is 103 Å². The van der Waals surface area contributed by atoms with Crippen LogP contribution >= 0.6 is 0 Å². The molecule has 0 bridgehead atoms. The van der Waals surface area contributed by atoms with Crippen LogP contribution in [0.25, 0.3) is 0 Å². The molecule has 0 aromatic heterocycles. The lowest BCUT2D eigenvalue weighted by atomic mass is 9.90. The predicted octanol–water partition coefficient (Wildman–Crippen LogP) is 2.74. The van der Waals surface area contributed by atoms with Gasteiger partial charge in [-0.25, -0.2) is 0 Å². The summed E-state index contributed by atoms with van der Waals surface area (Å²) < 4.78 is 0. The maximum Gasteiger partial charge on any atom is 0.273 e. The van der Waals surface area contributed by atoms with Gasteiger partial charge < -0.3 is 0 Å². The molecular formula is C14H9N2O5. The van der Waals surface area contributed by atoms with Gasteiger partial charge in [0.05, 0.1) is 15.8 Å². The molecule has 0 heterocycles. The molecule has 0 aliphatic carbocycles. The highest BCUT2D eigenvalue weighted by atomic mass is 16.6. The Balaban J connectivity index is 2.64. The lowest BCUT2D eigenvalue weighted by Crippen LogP contribution is -2.08. The first-order valence-corrected chi connectivity index (χ1v) is 5.90. The van der Waals surface area contributed by atoms with Crippen molar-refractivity contribution in [3.05, 3.63) is 79.9 Å². The maximum absolute atomic E-state index is 11.3. The van der Waals surface area contributed by atoms with Crippen molar-refractivity contribution in [1.82, 2.24) is 0 Å². The first kappa shape index (κ1) is 14.3. The minimum Gasteiger partial charge on any atom is -0.290 e. The van der Waals surface area contributed by atoms with Gasteiger partial charge in [0, 0.05) is 23.3 Å². The van der Waals surface area contributed by atoms with E-state index in [1.54, 1.807) is 6.29 Å². The van der Waals surface area contributed by atoms with Gasteiger partial charge in [0.25, 0.3) is 11.4 Å². The van der Waals surface area contributed by atoms with E-state index in [1.165, 1.54) is 48.5 Å². The molecule has 0 spiro atoms. The zero-order valence-corrected chi connectivity index (χ0v) is 10.6. The molecular weight excluding hydrogens is 276 g/mol. The molecule has 0 saturated heterocycles. The monoisotopic (exact) mass is 285 g/mol. The van der Waals surface area contributed by atoms with Gasteiger partial charge in [-0.2, -0.15) is 0 Å². The van der Waals surface area contributed by atoms with Gasteiger partial charge >= 0.3 is 0 Å². The molecule has 7 heteroatoms. The van der Waals surface area contributed by atoms with Gasteiger partial charge in [-0.15, -0.1) is 0 Å². The van der Waals surface area contributed by atoms with Crippen LogP contribution in [0.1, 0.15) is 17.0 Å². The normalized spacial score (nSPS) is 10.3. The van der Waals surface area contributed by atoms with E-state index in [9.17, 15) is 25.0 Å². The fourth-order valence-electron chi connectivity index (χ4n) is 2.09. The molecule has 2 rings (SSSR count). The second-order valence-corrected chi connectivity index (χ2v) is 4.18. The standard InChI is InChI=1S/C14H9N2O5/c17-9-12(10-5-1-3-7-13(10)15(18)19)11-6-2-4-8-14(11)16(20)21/h1-8,12H. The summed E-state index contributed by atoms with van der Waals surface area (Å²) in [7, 11) is 0. The van der Waals surface area contributed by atoms with Crippen LogP contribution in [0, 0.1) is 20.2 Å². The number of nitrogens with zero attached hydrogens (tertiary/aromatic N) is 2. The molecule has 2 aromatic rings. The number of benzene rings is 2. The Morgan fingerprint density at radius 3 is 1.52 bits per heavy atom. The van der Waals surface area contributed by atoms with Crippen molar-refractivity contribution < 1.29 is 14.6 Å². The second-order valence-electron chi connectivity index (χ2n) is 4.18.